The molecular formula is C71H156O24. The average molecular weight is 1390 g/mol. The van der Waals surface area contributed by atoms with Gasteiger partial charge in [-0.2, -0.15) is 0 Å². The minimum absolute atomic E-state index is 0. The summed E-state index contributed by atoms with van der Waals surface area (Å²) in [4.78, 5) is 9.56. The quantitative estimate of drug-likeness (QED) is 0.0201. The Morgan fingerprint density at radius 3 is 0.979 bits per heavy atom. The minimum atomic E-state index is -0.954. The van der Waals surface area contributed by atoms with Gasteiger partial charge in [-0.1, -0.05) is 178 Å². The van der Waals surface area contributed by atoms with Gasteiger partial charge in [-0.3, -0.25) is 0 Å². The molecule has 2 aliphatic rings. The van der Waals surface area contributed by atoms with E-state index in [1.54, 1.807) is 0 Å². The number of carbonyl (C=O) groups is 1. The summed E-state index contributed by atoms with van der Waals surface area (Å²) in [5.74, 6) is 0. The van der Waals surface area contributed by atoms with Crippen molar-refractivity contribution < 1.29 is 119 Å². The summed E-state index contributed by atoms with van der Waals surface area (Å²) < 4.78 is 59.3. The van der Waals surface area contributed by atoms with Crippen molar-refractivity contribution >= 4 is 6.29 Å². The van der Waals surface area contributed by atoms with Gasteiger partial charge in [0, 0.05) is 52.7 Å². The highest BCUT2D eigenvalue weighted by Crippen LogP contribution is 2.18. The van der Waals surface area contributed by atoms with Crippen LogP contribution in [0.15, 0.2) is 0 Å². The van der Waals surface area contributed by atoms with Gasteiger partial charge >= 0.3 is 0 Å². The molecule has 6 atom stereocenters. The van der Waals surface area contributed by atoms with Gasteiger partial charge in [0.05, 0.1) is 92.5 Å². The van der Waals surface area contributed by atoms with Gasteiger partial charge in [0.25, 0.3) is 0 Å². The Bertz CT molecular complexity index is 1240. The normalized spacial score (nSPS) is 15.9. The summed E-state index contributed by atoms with van der Waals surface area (Å²) in [5, 5.41) is 85.8. The summed E-state index contributed by atoms with van der Waals surface area (Å²) in [6, 6.07) is 0. The Balaban J connectivity index is -0.000000154. The van der Waals surface area contributed by atoms with Gasteiger partial charge in [0.1, 0.15) is 49.0 Å². The van der Waals surface area contributed by atoms with E-state index in [9.17, 15) is 9.90 Å². The SMILES string of the molecule is CCCCC1OCC(CO)O1.CCCCC=O.CCCCCOC(CO)CO.CCCCCOCC(CO)OCCCCC.CCCCCOCC(O)CO.CCCCCOCC(O)COCCCCC.CCCCCOCC1COC(CCCC)O1.O.O.OCC(O)CO. The minimum Gasteiger partial charge on any atom is -0.412 e. The lowest BCUT2D eigenvalue weighted by atomic mass is 10.2. The average Bonchev–Trinajstić information content (AvgIpc) is 3.11. The van der Waals surface area contributed by atoms with Crippen molar-refractivity contribution in [2.75, 3.05) is 139 Å². The van der Waals surface area contributed by atoms with Crippen LogP contribution in [0.3, 0.4) is 0 Å². The third kappa shape index (κ3) is 97.0. The predicted molar refractivity (Wildman–Crippen MR) is 379 cm³/mol. The fraction of sp³-hybridized carbons (Fsp3) is 0.986. The predicted octanol–water partition coefficient (Wildman–Crippen LogP) is 8.71. The van der Waals surface area contributed by atoms with Crippen molar-refractivity contribution in [2.45, 2.75) is 317 Å². The lowest BCUT2D eigenvalue weighted by Gasteiger charge is -2.15. The molecule has 2 aliphatic heterocycles. The van der Waals surface area contributed by atoms with Crippen LogP contribution in [0.1, 0.15) is 262 Å². The van der Waals surface area contributed by atoms with Crippen LogP contribution in [-0.4, -0.2) is 262 Å². The topological polar surface area (TPSA) is 384 Å². The van der Waals surface area contributed by atoms with Crippen molar-refractivity contribution in [3.63, 3.8) is 0 Å². The number of rotatable bonds is 56. The maximum absolute atomic E-state index is 9.56. The molecule has 24 heteroatoms. The van der Waals surface area contributed by atoms with Crippen molar-refractivity contribution in [1.29, 1.82) is 0 Å². The molecule has 0 aromatic carbocycles. The first-order valence-corrected chi connectivity index (χ1v) is 36.7. The van der Waals surface area contributed by atoms with E-state index in [4.69, 9.17) is 98.1 Å². The second-order valence-electron chi connectivity index (χ2n) is 23.2. The maximum atomic E-state index is 9.56. The molecule has 0 aliphatic carbocycles. The number of aliphatic hydroxyl groups excluding tert-OH is 10. The van der Waals surface area contributed by atoms with E-state index < -0.39 is 18.3 Å². The largest absolute Gasteiger partial charge is 0.412 e. The summed E-state index contributed by atoms with van der Waals surface area (Å²) in [5.41, 5.74) is 0. The van der Waals surface area contributed by atoms with Crippen LogP contribution in [0, 0.1) is 0 Å². The molecule has 14 N–H and O–H groups in total. The van der Waals surface area contributed by atoms with E-state index in [2.05, 4.69) is 69.2 Å². The van der Waals surface area contributed by atoms with Crippen LogP contribution in [0.25, 0.3) is 0 Å². The third-order valence-electron chi connectivity index (χ3n) is 13.5. The maximum Gasteiger partial charge on any atom is 0.158 e. The molecule has 2 heterocycles. The molecular weight excluding hydrogens is 1240 g/mol. The summed E-state index contributed by atoms with van der Waals surface area (Å²) in [7, 11) is 0. The van der Waals surface area contributed by atoms with Crippen LogP contribution < -0.4 is 0 Å². The molecule has 2 fully saturated rings. The van der Waals surface area contributed by atoms with Gasteiger partial charge in [0.2, 0.25) is 0 Å². The van der Waals surface area contributed by atoms with Gasteiger partial charge < -0.3 is 119 Å². The van der Waals surface area contributed by atoms with Crippen LogP contribution in [0.5, 0.6) is 0 Å². The molecule has 0 bridgehead atoms. The molecule has 0 aromatic rings. The molecule has 0 radical (unpaired) electrons. The number of unbranched alkanes of at least 4 members (excludes halogenated alkanes) is 18. The first-order valence-electron chi connectivity index (χ1n) is 36.7. The van der Waals surface area contributed by atoms with E-state index in [1.807, 2.05) is 0 Å². The molecule has 0 spiro atoms. The lowest BCUT2D eigenvalue weighted by molar-refractivity contribution is -0.107. The van der Waals surface area contributed by atoms with Crippen molar-refractivity contribution in [3.05, 3.63) is 0 Å². The molecule has 6 unspecified atom stereocenters. The number of hydrogen-bond acceptors (Lipinski definition) is 22. The second-order valence-corrected chi connectivity index (χ2v) is 23.2. The van der Waals surface area contributed by atoms with E-state index in [0.29, 0.717) is 52.9 Å². The Kier molecular flexibility index (Phi) is 114. The van der Waals surface area contributed by atoms with Crippen LogP contribution in [0.4, 0.5) is 0 Å². The van der Waals surface area contributed by atoms with E-state index in [0.717, 1.165) is 148 Å². The first-order chi connectivity index (χ1) is 45.3. The number of aldehydes is 1. The molecule has 0 aromatic heterocycles. The molecule has 584 valence electrons. The van der Waals surface area contributed by atoms with Gasteiger partial charge in [-0.05, 0) is 77.0 Å². The zero-order chi connectivity index (χ0) is 70.7. The van der Waals surface area contributed by atoms with E-state index in [1.165, 1.54) is 83.5 Å². The molecule has 24 nitrogen and oxygen atoms in total. The van der Waals surface area contributed by atoms with Crippen LogP contribution in [-0.2, 0) is 56.9 Å². The summed E-state index contributed by atoms with van der Waals surface area (Å²) in [6.45, 7) is 29.2. The zero-order valence-electron chi connectivity index (χ0n) is 62.2. The van der Waals surface area contributed by atoms with Gasteiger partial charge in [-0.25, -0.2) is 0 Å². The first kappa shape index (κ1) is 110. The third-order valence-corrected chi connectivity index (χ3v) is 13.5. The van der Waals surface area contributed by atoms with Crippen LogP contribution >= 0.6 is 0 Å². The van der Waals surface area contributed by atoms with Crippen molar-refractivity contribution in [3.8, 4) is 0 Å². The Hall–Kier alpha value is -1.25. The molecule has 2 rings (SSSR count). The lowest BCUT2D eigenvalue weighted by Crippen LogP contribution is -2.24. The molecule has 0 saturated carbocycles. The summed E-state index contributed by atoms with van der Waals surface area (Å²) >= 11 is 0. The summed E-state index contributed by atoms with van der Waals surface area (Å²) in [6.07, 6.45) is 32.1. The zero-order valence-corrected chi connectivity index (χ0v) is 62.2. The molecule has 2 saturated heterocycles. The molecule has 95 heavy (non-hydrogen) atoms. The van der Waals surface area contributed by atoms with E-state index >= 15 is 0 Å². The smallest absolute Gasteiger partial charge is 0.158 e. The van der Waals surface area contributed by atoms with E-state index in [-0.39, 0.29) is 101 Å². The van der Waals surface area contributed by atoms with Gasteiger partial charge in [0.15, 0.2) is 12.6 Å². The molecule has 0 amide bonds. The standard InChI is InChI=1S/C13H26O3.2C13H28O3.C8H16O3.2C8H18O3.C5H10O.C3H8O3.2H2O/c1-3-5-7-9-14-10-12-11-15-13(16-12)8-6-4-2;1-3-5-7-9-15-11-13(14)12-16-10-8-6-4-2;1-3-5-7-9-15-12-13(11-14)16-10-8-6-4-2;1-2-3-4-8-10-6-7(5-9)11-8;1-2-3-4-5-11-7-8(10)6-9;1-2-3-4-5-11-8(6-9)7-10;1-2-3-4-5-6;4-1-3(6)2-5;;/h12-13H,3-11H2,1-2H3;2*13-14H,3-12H2,1-2H3;7-9H,2-6H2,1H3;2*8-10H,2-7H2,1H3;5H,2-4H2,1H3;3-6H,1-2H2;2*1H2. The number of carbonyl (C=O) groups excluding carboxylic acids is 1. The number of ether oxygens (including phenoxy) is 11. The highest BCUT2D eigenvalue weighted by molar-refractivity contribution is 5.48. The number of hydrogen-bond donors (Lipinski definition) is 10. The van der Waals surface area contributed by atoms with Gasteiger partial charge in [-0.15, -0.1) is 0 Å². The Morgan fingerprint density at radius 2 is 0.674 bits per heavy atom. The van der Waals surface area contributed by atoms with Crippen molar-refractivity contribution in [1.82, 2.24) is 0 Å². The fourth-order valence-electron chi connectivity index (χ4n) is 7.57. The number of aliphatic hydroxyl groups is 10. The Morgan fingerprint density at radius 1 is 0.358 bits per heavy atom. The fourth-order valence-corrected chi connectivity index (χ4v) is 7.57. The van der Waals surface area contributed by atoms with Crippen molar-refractivity contribution in [2.24, 2.45) is 0 Å². The second kappa shape index (κ2) is 99.1. The highest BCUT2D eigenvalue weighted by Gasteiger charge is 2.26. The van der Waals surface area contributed by atoms with Crippen LogP contribution in [0.2, 0.25) is 0 Å². The Labute approximate surface area is 579 Å². The monoisotopic (exact) mass is 1390 g/mol. The highest BCUT2D eigenvalue weighted by atomic mass is 16.7.